The van der Waals surface area contributed by atoms with Crippen molar-refractivity contribution in [1.82, 2.24) is 14.9 Å². The van der Waals surface area contributed by atoms with Gasteiger partial charge in [-0.15, -0.1) is 0 Å². The van der Waals surface area contributed by atoms with Crippen LogP contribution < -0.4 is 4.90 Å². The van der Waals surface area contributed by atoms with Gasteiger partial charge in [-0.3, -0.25) is 4.79 Å². The fourth-order valence-corrected chi connectivity index (χ4v) is 3.12. The maximum Gasteiger partial charge on any atom is 0.433 e. The average molecular weight is 394 g/mol. The van der Waals surface area contributed by atoms with Gasteiger partial charge in [-0.25, -0.2) is 18.7 Å². The van der Waals surface area contributed by atoms with Crippen LogP contribution in [0, 0.1) is 6.92 Å². The Kier molecular flexibility index (Phi) is 5.24. The summed E-state index contributed by atoms with van der Waals surface area (Å²) in [6.45, 7) is 1.59. The van der Waals surface area contributed by atoms with Crippen LogP contribution in [0.1, 0.15) is 24.4 Å². The third-order valence-corrected chi connectivity index (χ3v) is 4.59. The van der Waals surface area contributed by atoms with E-state index in [1.165, 1.54) is 16.7 Å². The van der Waals surface area contributed by atoms with Gasteiger partial charge in [-0.05, 0) is 6.92 Å². The van der Waals surface area contributed by atoms with E-state index in [1.807, 2.05) is 0 Å². The van der Waals surface area contributed by atoms with Crippen LogP contribution in [-0.2, 0) is 15.7 Å². The Hall–Kier alpha value is -2.04. The number of likely N-dealkylation sites (tertiary alicyclic amines) is 1. The number of amides is 1. The van der Waals surface area contributed by atoms with Crippen molar-refractivity contribution in [3.8, 4) is 0 Å². The number of hydrogen-bond donors (Lipinski definition) is 0. The molecule has 150 valence electrons. The van der Waals surface area contributed by atoms with Crippen LogP contribution in [0.3, 0.4) is 0 Å². The van der Waals surface area contributed by atoms with Gasteiger partial charge in [-0.2, -0.15) is 13.2 Å². The van der Waals surface area contributed by atoms with Gasteiger partial charge < -0.3 is 14.5 Å². The molecule has 2 fully saturated rings. The Morgan fingerprint density at radius 3 is 2.52 bits per heavy atom. The molecule has 2 aliphatic rings. The minimum atomic E-state index is -4.61. The van der Waals surface area contributed by atoms with Gasteiger partial charge in [0.05, 0.1) is 13.2 Å². The second-order valence-electron chi connectivity index (χ2n) is 6.64. The standard InChI is InChI=1S/C16H19F5N4O2/c1-10-22-12(16(19,20)21)8-13(23-10)25-6-7-27-11(9-25)14(26)24-4-2-15(17,18)3-5-24/h8,11H,2-7,9H2,1H3. The summed E-state index contributed by atoms with van der Waals surface area (Å²) in [7, 11) is 0. The number of aromatic nitrogens is 2. The Labute approximate surface area is 152 Å². The Balaban J connectivity index is 1.71. The first-order chi connectivity index (χ1) is 12.5. The Bertz CT molecular complexity index is 703. The summed E-state index contributed by atoms with van der Waals surface area (Å²) in [5.74, 6) is -3.19. The number of morpholine rings is 1. The van der Waals surface area contributed by atoms with Crippen LogP contribution in [0.4, 0.5) is 27.8 Å². The minimum Gasteiger partial charge on any atom is -0.365 e. The van der Waals surface area contributed by atoms with E-state index >= 15 is 0 Å². The highest BCUT2D eigenvalue weighted by Crippen LogP contribution is 2.31. The molecular formula is C16H19F5N4O2. The lowest BCUT2D eigenvalue weighted by molar-refractivity contribution is -0.150. The molecule has 0 saturated carbocycles. The third kappa shape index (κ3) is 4.63. The van der Waals surface area contributed by atoms with E-state index in [0.717, 1.165) is 6.07 Å². The van der Waals surface area contributed by atoms with Gasteiger partial charge in [0, 0.05) is 38.5 Å². The zero-order valence-electron chi connectivity index (χ0n) is 14.6. The molecule has 0 aromatic carbocycles. The number of halogens is 5. The summed E-state index contributed by atoms with van der Waals surface area (Å²) >= 11 is 0. The highest BCUT2D eigenvalue weighted by atomic mass is 19.4. The van der Waals surface area contributed by atoms with Crippen LogP contribution in [0.2, 0.25) is 0 Å². The van der Waals surface area contributed by atoms with Crippen molar-refractivity contribution >= 4 is 11.7 Å². The number of ether oxygens (including phenoxy) is 1. The normalized spacial score (nSPS) is 23.4. The SMILES string of the molecule is Cc1nc(N2CCOC(C(=O)N3CCC(F)(F)CC3)C2)cc(C(F)(F)F)n1. The monoisotopic (exact) mass is 394 g/mol. The van der Waals surface area contributed by atoms with E-state index in [9.17, 15) is 26.7 Å². The van der Waals surface area contributed by atoms with E-state index in [1.54, 1.807) is 0 Å². The maximum atomic E-state index is 13.3. The fourth-order valence-electron chi connectivity index (χ4n) is 3.12. The molecule has 1 unspecified atom stereocenters. The fraction of sp³-hybridized carbons (Fsp3) is 0.688. The number of nitrogens with zero attached hydrogens (tertiary/aromatic N) is 4. The van der Waals surface area contributed by atoms with E-state index in [-0.39, 0.29) is 44.4 Å². The first-order valence-electron chi connectivity index (χ1n) is 8.51. The molecule has 1 atom stereocenters. The first kappa shape index (κ1) is 19.7. The molecule has 0 N–H and O–H groups in total. The van der Waals surface area contributed by atoms with Gasteiger partial charge in [0.1, 0.15) is 17.3 Å². The smallest absolute Gasteiger partial charge is 0.365 e. The molecule has 27 heavy (non-hydrogen) atoms. The van der Waals surface area contributed by atoms with Gasteiger partial charge in [0.15, 0.2) is 6.10 Å². The van der Waals surface area contributed by atoms with Gasteiger partial charge in [0.25, 0.3) is 11.8 Å². The van der Waals surface area contributed by atoms with Crippen molar-refractivity contribution in [2.75, 3.05) is 37.7 Å². The first-order valence-corrected chi connectivity index (χ1v) is 8.51. The molecule has 11 heteroatoms. The molecule has 0 spiro atoms. The average Bonchev–Trinajstić information content (AvgIpc) is 2.60. The highest BCUT2D eigenvalue weighted by Gasteiger charge is 2.39. The molecule has 3 rings (SSSR count). The molecule has 3 heterocycles. The Morgan fingerprint density at radius 1 is 1.22 bits per heavy atom. The number of aryl methyl sites for hydroxylation is 1. The number of anilines is 1. The number of hydrogen-bond acceptors (Lipinski definition) is 5. The summed E-state index contributed by atoms with van der Waals surface area (Å²) in [4.78, 5) is 22.8. The molecule has 6 nitrogen and oxygen atoms in total. The number of alkyl halides is 5. The lowest BCUT2D eigenvalue weighted by Crippen LogP contribution is -2.53. The number of carbonyl (C=O) groups excluding carboxylic acids is 1. The van der Waals surface area contributed by atoms with E-state index in [0.29, 0.717) is 0 Å². The number of carbonyl (C=O) groups is 1. The Morgan fingerprint density at radius 2 is 1.89 bits per heavy atom. The second kappa shape index (κ2) is 7.17. The van der Waals surface area contributed by atoms with Crippen molar-refractivity contribution in [3.63, 3.8) is 0 Å². The summed E-state index contributed by atoms with van der Waals surface area (Å²) in [5, 5.41) is 0. The number of rotatable bonds is 2. The van der Waals surface area contributed by atoms with E-state index in [4.69, 9.17) is 4.74 Å². The quantitative estimate of drug-likeness (QED) is 0.721. The van der Waals surface area contributed by atoms with Crippen LogP contribution >= 0.6 is 0 Å². The summed E-state index contributed by atoms with van der Waals surface area (Å²) in [6.07, 6.45) is -6.36. The third-order valence-electron chi connectivity index (χ3n) is 4.59. The molecule has 0 bridgehead atoms. The molecule has 2 aliphatic heterocycles. The van der Waals surface area contributed by atoms with Crippen LogP contribution in [0.25, 0.3) is 0 Å². The zero-order valence-corrected chi connectivity index (χ0v) is 14.6. The summed E-state index contributed by atoms with van der Waals surface area (Å²) in [5.41, 5.74) is -1.06. The zero-order chi connectivity index (χ0) is 19.8. The van der Waals surface area contributed by atoms with Crippen LogP contribution in [-0.4, -0.2) is 65.6 Å². The van der Waals surface area contributed by atoms with Crippen molar-refractivity contribution < 1.29 is 31.5 Å². The van der Waals surface area contributed by atoms with Crippen LogP contribution in [0.5, 0.6) is 0 Å². The molecule has 1 aromatic rings. The topological polar surface area (TPSA) is 58.6 Å². The minimum absolute atomic E-state index is 0.000519. The molecule has 0 aliphatic carbocycles. The summed E-state index contributed by atoms with van der Waals surface area (Å²) in [6, 6.07) is 0.835. The van der Waals surface area contributed by atoms with Gasteiger partial charge in [-0.1, -0.05) is 0 Å². The van der Waals surface area contributed by atoms with Crippen molar-refractivity contribution in [1.29, 1.82) is 0 Å². The van der Waals surface area contributed by atoms with Crippen LogP contribution in [0.15, 0.2) is 6.07 Å². The molecule has 0 radical (unpaired) electrons. The van der Waals surface area contributed by atoms with E-state index in [2.05, 4.69) is 9.97 Å². The molecule has 2 saturated heterocycles. The van der Waals surface area contributed by atoms with Crippen molar-refractivity contribution in [2.24, 2.45) is 0 Å². The van der Waals surface area contributed by atoms with Gasteiger partial charge >= 0.3 is 6.18 Å². The number of piperidine rings is 1. The van der Waals surface area contributed by atoms with Crippen molar-refractivity contribution in [2.45, 2.75) is 38.0 Å². The molecule has 1 amide bonds. The van der Waals surface area contributed by atoms with Crippen molar-refractivity contribution in [3.05, 3.63) is 17.6 Å². The molecular weight excluding hydrogens is 375 g/mol. The maximum absolute atomic E-state index is 13.3. The highest BCUT2D eigenvalue weighted by molar-refractivity contribution is 5.82. The summed E-state index contributed by atoms with van der Waals surface area (Å²) < 4.78 is 70.9. The predicted octanol–water partition coefficient (Wildman–Crippen LogP) is 2.27. The predicted molar refractivity (Wildman–Crippen MR) is 84.5 cm³/mol. The van der Waals surface area contributed by atoms with E-state index < -0.39 is 42.6 Å². The lowest BCUT2D eigenvalue weighted by atomic mass is 10.1. The lowest BCUT2D eigenvalue weighted by Gasteiger charge is -2.38. The molecule has 1 aromatic heterocycles. The second-order valence-corrected chi connectivity index (χ2v) is 6.64. The largest absolute Gasteiger partial charge is 0.433 e. The van der Waals surface area contributed by atoms with Gasteiger partial charge in [0.2, 0.25) is 0 Å².